The van der Waals surface area contributed by atoms with Crippen LogP contribution in [0.15, 0.2) is 4.99 Å². The molecule has 5 heteroatoms. The van der Waals surface area contributed by atoms with Crippen molar-refractivity contribution in [1.29, 1.82) is 15.9 Å². The largest absolute Gasteiger partial charge is 0.308 e. The van der Waals surface area contributed by atoms with Crippen molar-refractivity contribution in [2.45, 2.75) is 0 Å². The summed E-state index contributed by atoms with van der Waals surface area (Å²) in [4.78, 5) is 3.45. The van der Waals surface area contributed by atoms with Gasteiger partial charge in [-0.25, -0.2) is 0 Å². The van der Waals surface area contributed by atoms with Crippen LogP contribution in [-0.4, -0.2) is 18.7 Å². The predicted molar refractivity (Wildman–Crippen MR) is 35.4 cm³/mol. The summed E-state index contributed by atoms with van der Waals surface area (Å²) in [5.41, 5.74) is 0. The van der Waals surface area contributed by atoms with Crippen LogP contribution < -0.4 is 5.32 Å². The summed E-state index contributed by atoms with van der Waals surface area (Å²) in [7, 11) is 1.40. The molecule has 0 fully saturated rings. The van der Waals surface area contributed by atoms with Gasteiger partial charge in [0.25, 0.3) is 0 Å². The van der Waals surface area contributed by atoms with Crippen LogP contribution >= 0.6 is 0 Å². The van der Waals surface area contributed by atoms with Gasteiger partial charge in [-0.2, -0.15) is 10.5 Å². The number of amidine groups is 2. The van der Waals surface area contributed by atoms with Crippen molar-refractivity contribution >= 4 is 11.7 Å². The van der Waals surface area contributed by atoms with Gasteiger partial charge in [-0.15, -0.1) is 0 Å². The molecule has 10 heavy (non-hydrogen) atoms. The highest BCUT2D eigenvalue weighted by Crippen LogP contribution is 1.68. The van der Waals surface area contributed by atoms with Crippen molar-refractivity contribution in [2.24, 2.45) is 4.99 Å². The van der Waals surface area contributed by atoms with Crippen LogP contribution in [0.2, 0.25) is 0 Å². The topological polar surface area (TPSA) is 95.8 Å². The zero-order chi connectivity index (χ0) is 7.98. The van der Waals surface area contributed by atoms with Crippen molar-refractivity contribution in [3.8, 4) is 12.1 Å². The smallest absolute Gasteiger partial charge is 0.207 e. The van der Waals surface area contributed by atoms with Gasteiger partial charge in [0, 0.05) is 7.05 Å². The van der Waals surface area contributed by atoms with Gasteiger partial charge in [0.2, 0.25) is 11.7 Å². The minimum absolute atomic E-state index is 0.0356. The number of hydrogen-bond donors (Lipinski definition) is 2. The molecule has 0 aromatic carbocycles. The molecule has 0 amide bonds. The maximum atomic E-state index is 8.22. The molecule has 0 heterocycles. The Kier molecular flexibility index (Phi) is 3.28. The molecule has 5 nitrogen and oxygen atoms in total. The van der Waals surface area contributed by atoms with Gasteiger partial charge in [-0.05, 0) is 0 Å². The molecule has 0 aromatic heterocycles. The maximum absolute atomic E-state index is 8.22. The Labute approximate surface area is 58.1 Å². The second kappa shape index (κ2) is 4.04. The molecule has 0 unspecified atom stereocenters. The van der Waals surface area contributed by atoms with Crippen molar-refractivity contribution in [3.05, 3.63) is 0 Å². The van der Waals surface area contributed by atoms with E-state index in [1.807, 2.05) is 0 Å². The Balaban J connectivity index is 4.08. The second-order valence-corrected chi connectivity index (χ2v) is 1.30. The quantitative estimate of drug-likeness (QED) is 0.350. The van der Waals surface area contributed by atoms with Crippen molar-refractivity contribution in [2.75, 3.05) is 7.05 Å². The Bertz CT molecular complexity index is 238. The van der Waals surface area contributed by atoms with E-state index in [2.05, 4.69) is 10.3 Å². The van der Waals surface area contributed by atoms with Gasteiger partial charge in [-0.1, -0.05) is 0 Å². The van der Waals surface area contributed by atoms with Crippen LogP contribution in [0.1, 0.15) is 0 Å². The average molecular weight is 135 g/mol. The van der Waals surface area contributed by atoms with E-state index in [4.69, 9.17) is 15.9 Å². The number of nitrogens with zero attached hydrogens (tertiary/aromatic N) is 3. The van der Waals surface area contributed by atoms with Gasteiger partial charge in [0.15, 0.2) is 0 Å². The van der Waals surface area contributed by atoms with Gasteiger partial charge in [-0.3, -0.25) is 10.4 Å². The highest BCUT2D eigenvalue weighted by molar-refractivity contribution is 6.12. The highest BCUT2D eigenvalue weighted by Gasteiger charge is 1.96. The van der Waals surface area contributed by atoms with Crippen LogP contribution in [0.25, 0.3) is 0 Å². The third-order valence-electron chi connectivity index (χ3n) is 0.685. The Morgan fingerprint density at radius 3 is 2.40 bits per heavy atom. The van der Waals surface area contributed by atoms with Gasteiger partial charge < -0.3 is 5.32 Å². The van der Waals surface area contributed by atoms with E-state index in [9.17, 15) is 0 Å². The van der Waals surface area contributed by atoms with Crippen LogP contribution in [0.4, 0.5) is 0 Å². The van der Waals surface area contributed by atoms with Crippen molar-refractivity contribution in [1.82, 2.24) is 5.32 Å². The van der Waals surface area contributed by atoms with Crippen molar-refractivity contribution in [3.63, 3.8) is 0 Å². The van der Waals surface area contributed by atoms with E-state index in [1.165, 1.54) is 13.1 Å². The second-order valence-electron chi connectivity index (χ2n) is 1.30. The third-order valence-corrected chi connectivity index (χ3v) is 0.685. The summed E-state index contributed by atoms with van der Waals surface area (Å²) < 4.78 is 0. The zero-order valence-electron chi connectivity index (χ0n) is 5.34. The average Bonchev–Trinajstić information content (AvgIpc) is 1.99. The van der Waals surface area contributed by atoms with Gasteiger partial charge in [0.1, 0.15) is 12.1 Å². The molecule has 0 rings (SSSR count). The lowest BCUT2D eigenvalue weighted by Gasteiger charge is -1.93. The Morgan fingerprint density at radius 1 is 1.50 bits per heavy atom. The number of rotatable bonds is 0. The maximum Gasteiger partial charge on any atom is 0.207 e. The molecule has 0 radical (unpaired) electrons. The fourth-order valence-electron chi connectivity index (χ4n) is 0.280. The molecular formula is C5H5N5. The van der Waals surface area contributed by atoms with E-state index >= 15 is 0 Å². The SMILES string of the molecule is CN=C(C#N)NC(=N)C#N. The predicted octanol–water partition coefficient (Wildman–Crippen LogP) is -0.371. The van der Waals surface area contributed by atoms with Crippen LogP contribution in [-0.2, 0) is 0 Å². The summed E-state index contributed by atoms with van der Waals surface area (Å²) >= 11 is 0. The molecule has 0 aliphatic heterocycles. The molecule has 2 N–H and O–H groups in total. The first kappa shape index (κ1) is 8.12. The standard InChI is InChI=1S/C5H5N5/c1-9-5(3-7)10-4(8)2-6/h1H3,(H2,8,9,10). The summed E-state index contributed by atoms with van der Waals surface area (Å²) in [6.07, 6.45) is 0. The van der Waals surface area contributed by atoms with E-state index in [-0.39, 0.29) is 11.7 Å². The number of nitriles is 2. The minimum Gasteiger partial charge on any atom is -0.308 e. The van der Waals surface area contributed by atoms with E-state index in [0.717, 1.165) is 0 Å². The number of nitrogens with one attached hydrogen (secondary N) is 2. The lowest BCUT2D eigenvalue weighted by Crippen LogP contribution is -2.27. The molecule has 0 spiro atoms. The zero-order valence-corrected chi connectivity index (χ0v) is 5.34. The molecule has 0 aliphatic carbocycles. The lowest BCUT2D eigenvalue weighted by atomic mass is 10.5. The molecular weight excluding hydrogens is 130 g/mol. The summed E-state index contributed by atoms with van der Waals surface area (Å²) in [5, 5.41) is 25.2. The number of hydrogen-bond acceptors (Lipinski definition) is 4. The molecule has 0 aromatic rings. The van der Waals surface area contributed by atoms with Crippen LogP contribution in [0, 0.1) is 28.1 Å². The summed E-state index contributed by atoms with van der Waals surface area (Å²) in [6.45, 7) is 0. The Morgan fingerprint density at radius 2 is 2.10 bits per heavy atom. The van der Waals surface area contributed by atoms with Gasteiger partial charge in [0.05, 0.1) is 0 Å². The minimum atomic E-state index is -0.387. The fraction of sp³-hybridized carbons (Fsp3) is 0.200. The van der Waals surface area contributed by atoms with Crippen LogP contribution in [0.3, 0.4) is 0 Å². The molecule has 0 saturated heterocycles. The molecule has 50 valence electrons. The third kappa shape index (κ3) is 2.43. The highest BCUT2D eigenvalue weighted by atomic mass is 15.0. The summed E-state index contributed by atoms with van der Waals surface area (Å²) in [6, 6.07) is 3.17. The normalized spacial score (nSPS) is 9.30. The van der Waals surface area contributed by atoms with Crippen LogP contribution in [0.5, 0.6) is 0 Å². The fourth-order valence-corrected chi connectivity index (χ4v) is 0.280. The van der Waals surface area contributed by atoms with E-state index < -0.39 is 0 Å². The molecule has 0 atom stereocenters. The number of aliphatic imine (C=N–C) groups is 1. The molecule has 0 bridgehead atoms. The first-order valence-electron chi connectivity index (χ1n) is 2.37. The first-order chi connectivity index (χ1) is 4.74. The lowest BCUT2D eigenvalue weighted by molar-refractivity contribution is 1.27. The first-order valence-corrected chi connectivity index (χ1v) is 2.37. The molecule has 0 saturated carbocycles. The molecule has 0 aliphatic rings. The van der Waals surface area contributed by atoms with Gasteiger partial charge >= 0.3 is 0 Å². The van der Waals surface area contributed by atoms with E-state index in [1.54, 1.807) is 6.07 Å². The van der Waals surface area contributed by atoms with Crippen molar-refractivity contribution < 1.29 is 0 Å². The Hall–Kier alpha value is -1.88. The monoisotopic (exact) mass is 135 g/mol. The summed E-state index contributed by atoms with van der Waals surface area (Å²) in [5.74, 6) is -0.422. The van der Waals surface area contributed by atoms with E-state index in [0.29, 0.717) is 0 Å².